The number of anilines is 1. The fraction of sp³-hybridized carbons (Fsp3) is 0.387. The number of nitrogens with zero attached hydrogens (tertiary/aromatic N) is 2. The second kappa shape index (κ2) is 13.1. The molecule has 1 aromatic carbocycles. The highest BCUT2D eigenvalue weighted by Crippen LogP contribution is 2.26. The van der Waals surface area contributed by atoms with Crippen molar-refractivity contribution in [1.82, 2.24) is 15.5 Å². The van der Waals surface area contributed by atoms with Crippen LogP contribution in [0.4, 0.5) is 15.3 Å². The van der Waals surface area contributed by atoms with E-state index in [4.69, 9.17) is 9.47 Å². The standard InChI is InChI=1S/C31H40N4O5S/c1-21(23-12-10-9-11-13-23)18-25(22(2)32-28(37)39-30(3,4)5)33-27(36)26-19-24(20-41-26)34-14-16-35(17-15-34)29(38)40-31(6,7)8/h9-13,18-20H,1-2,14-17H2,3-8H3,(H,32,37)(H,33,36)/b25-18+. The van der Waals surface area contributed by atoms with Gasteiger partial charge < -0.3 is 24.6 Å². The number of piperazine rings is 1. The molecule has 0 unspecified atom stereocenters. The molecule has 9 nitrogen and oxygen atoms in total. The number of allylic oxidation sites excluding steroid dienone is 2. The summed E-state index contributed by atoms with van der Waals surface area (Å²) in [4.78, 5) is 42.4. The molecule has 1 saturated heterocycles. The molecule has 10 heteroatoms. The molecule has 0 aliphatic carbocycles. The summed E-state index contributed by atoms with van der Waals surface area (Å²) in [5, 5.41) is 7.40. The van der Waals surface area contributed by atoms with Crippen molar-refractivity contribution < 1.29 is 23.9 Å². The summed E-state index contributed by atoms with van der Waals surface area (Å²) in [5.74, 6) is -0.354. The largest absolute Gasteiger partial charge is 0.444 e. The van der Waals surface area contributed by atoms with Crippen molar-refractivity contribution in [2.45, 2.75) is 52.7 Å². The van der Waals surface area contributed by atoms with Crippen molar-refractivity contribution in [1.29, 1.82) is 0 Å². The molecule has 2 N–H and O–H groups in total. The van der Waals surface area contributed by atoms with E-state index in [1.165, 1.54) is 11.3 Å². The molecule has 0 saturated carbocycles. The summed E-state index contributed by atoms with van der Waals surface area (Å²) in [6.07, 6.45) is 0.660. The Kier molecular flexibility index (Phi) is 10.0. The number of thiophene rings is 1. The average Bonchev–Trinajstić information content (AvgIpc) is 3.37. The number of alkyl carbamates (subject to hydrolysis) is 1. The smallest absolute Gasteiger partial charge is 0.412 e. The maximum atomic E-state index is 13.3. The highest BCUT2D eigenvalue weighted by Gasteiger charge is 2.27. The number of rotatable bonds is 7. The molecule has 1 aromatic heterocycles. The molecule has 1 fully saturated rings. The van der Waals surface area contributed by atoms with Crippen LogP contribution in [0.5, 0.6) is 0 Å². The molecule has 1 aliphatic rings. The Morgan fingerprint density at radius 1 is 0.902 bits per heavy atom. The van der Waals surface area contributed by atoms with Gasteiger partial charge in [0.1, 0.15) is 11.2 Å². The Bertz CT molecular complexity index is 1310. The number of benzene rings is 1. The Morgan fingerprint density at radius 3 is 2.10 bits per heavy atom. The number of hydrogen-bond acceptors (Lipinski definition) is 7. The van der Waals surface area contributed by atoms with Crippen LogP contribution in [0.3, 0.4) is 0 Å². The van der Waals surface area contributed by atoms with Crippen molar-refractivity contribution >= 4 is 40.7 Å². The minimum absolute atomic E-state index is 0.166. The number of hydrogen-bond donors (Lipinski definition) is 2. The van der Waals surface area contributed by atoms with Gasteiger partial charge in [0, 0.05) is 37.2 Å². The fourth-order valence-electron chi connectivity index (χ4n) is 3.87. The zero-order valence-corrected chi connectivity index (χ0v) is 25.5. The van der Waals surface area contributed by atoms with Crippen LogP contribution in [-0.2, 0) is 9.47 Å². The molecular weight excluding hydrogens is 540 g/mol. The molecule has 2 heterocycles. The minimum Gasteiger partial charge on any atom is -0.444 e. The molecule has 0 radical (unpaired) electrons. The highest BCUT2D eigenvalue weighted by molar-refractivity contribution is 7.12. The van der Waals surface area contributed by atoms with Crippen molar-refractivity contribution in [2.24, 2.45) is 0 Å². The van der Waals surface area contributed by atoms with Crippen LogP contribution >= 0.6 is 11.3 Å². The Hall–Kier alpha value is -4.05. The lowest BCUT2D eigenvalue weighted by molar-refractivity contribution is 0.0240. The molecule has 220 valence electrons. The molecule has 3 amide bonds. The van der Waals surface area contributed by atoms with Crippen LogP contribution in [0.1, 0.15) is 56.8 Å². The van der Waals surface area contributed by atoms with E-state index in [0.29, 0.717) is 36.6 Å². The van der Waals surface area contributed by atoms with Gasteiger partial charge in [0.25, 0.3) is 5.91 Å². The predicted octanol–water partition coefficient (Wildman–Crippen LogP) is 6.17. The fourth-order valence-corrected chi connectivity index (χ4v) is 4.68. The second-order valence-corrected chi connectivity index (χ2v) is 12.5. The van der Waals surface area contributed by atoms with Crippen LogP contribution in [-0.4, -0.2) is 60.4 Å². The van der Waals surface area contributed by atoms with Gasteiger partial charge in [-0.1, -0.05) is 43.5 Å². The number of nitrogens with one attached hydrogen (secondary N) is 2. The maximum Gasteiger partial charge on any atom is 0.412 e. The monoisotopic (exact) mass is 580 g/mol. The molecule has 2 aromatic rings. The van der Waals surface area contributed by atoms with Gasteiger partial charge in [-0.3, -0.25) is 10.1 Å². The van der Waals surface area contributed by atoms with Crippen molar-refractivity contribution in [3.63, 3.8) is 0 Å². The first kappa shape index (κ1) is 31.5. The highest BCUT2D eigenvalue weighted by atomic mass is 32.1. The number of carbonyl (C=O) groups is 3. The number of ether oxygens (including phenoxy) is 2. The van der Waals surface area contributed by atoms with E-state index in [1.54, 1.807) is 31.7 Å². The SMILES string of the molecule is C=C(NC(=O)OC(C)(C)C)/C(=C\C(=C)c1ccccc1)NC(=O)c1cc(N2CCN(C(=O)OC(C)(C)C)CC2)cs1. The van der Waals surface area contributed by atoms with Crippen molar-refractivity contribution in [2.75, 3.05) is 31.1 Å². The van der Waals surface area contributed by atoms with Crippen LogP contribution in [0.25, 0.3) is 5.57 Å². The summed E-state index contributed by atoms with van der Waals surface area (Å²) in [6, 6.07) is 11.3. The van der Waals surface area contributed by atoms with Crippen molar-refractivity contribution in [3.05, 3.63) is 82.8 Å². The topological polar surface area (TPSA) is 100 Å². The first-order valence-electron chi connectivity index (χ1n) is 13.4. The van der Waals surface area contributed by atoms with Gasteiger partial charge in [0.15, 0.2) is 0 Å². The quantitative estimate of drug-likeness (QED) is 0.380. The van der Waals surface area contributed by atoms with E-state index in [0.717, 1.165) is 11.3 Å². The van der Waals surface area contributed by atoms with E-state index < -0.39 is 17.3 Å². The Labute approximate surface area is 246 Å². The molecule has 3 rings (SSSR count). The predicted molar refractivity (Wildman–Crippen MR) is 164 cm³/mol. The van der Waals surface area contributed by atoms with Gasteiger partial charge in [-0.25, -0.2) is 9.59 Å². The first-order chi connectivity index (χ1) is 19.1. The summed E-state index contributed by atoms with van der Waals surface area (Å²) in [5.41, 5.74) is 1.59. The van der Waals surface area contributed by atoms with Gasteiger partial charge >= 0.3 is 12.2 Å². The molecule has 1 aliphatic heterocycles. The minimum atomic E-state index is -0.698. The van der Waals surface area contributed by atoms with Gasteiger partial charge in [-0.15, -0.1) is 11.3 Å². The van der Waals surface area contributed by atoms with Gasteiger partial charge in [0.2, 0.25) is 0 Å². The molecule has 41 heavy (non-hydrogen) atoms. The van der Waals surface area contributed by atoms with Crippen molar-refractivity contribution in [3.8, 4) is 0 Å². The van der Waals surface area contributed by atoms with Crippen LogP contribution in [0, 0.1) is 0 Å². The van der Waals surface area contributed by atoms with E-state index in [1.807, 2.05) is 62.5 Å². The second-order valence-electron chi connectivity index (χ2n) is 11.6. The Balaban J connectivity index is 1.71. The van der Waals surface area contributed by atoms with E-state index in [-0.39, 0.29) is 23.4 Å². The van der Waals surface area contributed by atoms with E-state index in [9.17, 15) is 14.4 Å². The number of carbonyl (C=O) groups excluding carboxylic acids is 3. The van der Waals surface area contributed by atoms with Crippen LogP contribution in [0.2, 0.25) is 0 Å². The third-order valence-electron chi connectivity index (χ3n) is 5.79. The lowest BCUT2D eigenvalue weighted by Gasteiger charge is -2.36. The van der Waals surface area contributed by atoms with E-state index >= 15 is 0 Å². The maximum absolute atomic E-state index is 13.3. The van der Waals surface area contributed by atoms with Crippen LogP contribution < -0.4 is 15.5 Å². The average molecular weight is 581 g/mol. The summed E-state index contributed by atoms with van der Waals surface area (Å²) < 4.78 is 10.8. The zero-order chi connectivity index (χ0) is 30.4. The van der Waals surface area contributed by atoms with E-state index in [2.05, 4.69) is 28.7 Å². The molecule has 0 bridgehead atoms. The van der Waals surface area contributed by atoms with Gasteiger partial charge in [-0.2, -0.15) is 0 Å². The third-order valence-corrected chi connectivity index (χ3v) is 6.71. The molecule has 0 spiro atoms. The molecular formula is C31H40N4O5S. The first-order valence-corrected chi connectivity index (χ1v) is 14.3. The van der Waals surface area contributed by atoms with Gasteiger partial charge in [-0.05, 0) is 64.8 Å². The number of amides is 3. The summed E-state index contributed by atoms with van der Waals surface area (Å²) in [6.45, 7) is 21.2. The Morgan fingerprint density at radius 2 is 1.51 bits per heavy atom. The molecule has 0 atom stereocenters. The normalized spacial score (nSPS) is 14.2. The lowest BCUT2D eigenvalue weighted by atomic mass is 10.1. The summed E-state index contributed by atoms with van der Waals surface area (Å²) in [7, 11) is 0. The lowest BCUT2D eigenvalue weighted by Crippen LogP contribution is -2.50. The van der Waals surface area contributed by atoms with Gasteiger partial charge in [0.05, 0.1) is 16.3 Å². The zero-order valence-electron chi connectivity index (χ0n) is 24.7. The third kappa shape index (κ3) is 9.82. The summed E-state index contributed by atoms with van der Waals surface area (Å²) >= 11 is 1.31. The van der Waals surface area contributed by atoms with Crippen LogP contribution in [0.15, 0.2) is 72.4 Å².